The van der Waals surface area contributed by atoms with Crippen molar-refractivity contribution in [2.24, 2.45) is 0 Å². The van der Waals surface area contributed by atoms with Gasteiger partial charge in [-0.2, -0.15) is 0 Å². The van der Waals surface area contributed by atoms with Crippen LogP contribution in [0, 0.1) is 0 Å². The lowest BCUT2D eigenvalue weighted by Gasteiger charge is -2.09. The molecule has 2 heterocycles. The second-order valence-corrected chi connectivity index (χ2v) is 2.29. The van der Waals surface area contributed by atoms with Crippen LogP contribution in [0.2, 0.25) is 0 Å². The first-order chi connectivity index (χ1) is 4.97. The van der Waals surface area contributed by atoms with Crippen molar-refractivity contribution in [1.29, 1.82) is 0 Å². The Kier molecular flexibility index (Phi) is 1.17. The number of hydrogen-bond acceptors (Lipinski definition) is 2. The van der Waals surface area contributed by atoms with Gasteiger partial charge in [-0.05, 0) is 29.5 Å². The molecular formula is C8H8N2. The average Bonchev–Trinajstić information content (AvgIpc) is 2.05. The zero-order valence-electron chi connectivity index (χ0n) is 5.54. The van der Waals surface area contributed by atoms with E-state index in [1.165, 1.54) is 11.1 Å². The highest BCUT2D eigenvalue weighted by Gasteiger charge is 2.00. The molecule has 0 saturated carbocycles. The highest BCUT2D eigenvalue weighted by atomic mass is 14.8. The van der Waals surface area contributed by atoms with Gasteiger partial charge < -0.3 is 5.32 Å². The summed E-state index contributed by atoms with van der Waals surface area (Å²) in [5, 5.41) is 3.12. The topological polar surface area (TPSA) is 24.9 Å². The monoisotopic (exact) mass is 132 g/mol. The molecule has 0 spiro atoms. The summed E-state index contributed by atoms with van der Waals surface area (Å²) in [7, 11) is 0. The second-order valence-electron chi connectivity index (χ2n) is 2.29. The molecule has 2 heteroatoms. The molecule has 0 aromatic carbocycles. The van der Waals surface area contributed by atoms with E-state index in [1.54, 1.807) is 0 Å². The van der Waals surface area contributed by atoms with Crippen LogP contribution in [0.3, 0.4) is 0 Å². The minimum atomic E-state index is 0.902. The van der Waals surface area contributed by atoms with Crippen LogP contribution in [0.15, 0.2) is 24.7 Å². The van der Waals surface area contributed by atoms with Gasteiger partial charge in [0.1, 0.15) is 0 Å². The molecule has 1 aromatic rings. The van der Waals surface area contributed by atoms with Crippen molar-refractivity contribution in [3.63, 3.8) is 0 Å². The number of aromatic nitrogens is 1. The van der Waals surface area contributed by atoms with Gasteiger partial charge in [-0.15, -0.1) is 0 Å². The first-order valence-electron chi connectivity index (χ1n) is 3.29. The Hall–Kier alpha value is -1.31. The summed E-state index contributed by atoms with van der Waals surface area (Å²) >= 11 is 0. The Labute approximate surface area is 59.6 Å². The van der Waals surface area contributed by atoms with E-state index >= 15 is 0 Å². The molecule has 2 nitrogen and oxygen atoms in total. The highest BCUT2D eigenvalue weighted by molar-refractivity contribution is 5.54. The van der Waals surface area contributed by atoms with Gasteiger partial charge in [0, 0.05) is 18.9 Å². The summed E-state index contributed by atoms with van der Waals surface area (Å²) in [6, 6.07) is 2.02. The van der Waals surface area contributed by atoms with Gasteiger partial charge in [0.2, 0.25) is 0 Å². The van der Waals surface area contributed by atoms with E-state index in [4.69, 9.17) is 0 Å². The van der Waals surface area contributed by atoms with E-state index in [0.717, 1.165) is 6.54 Å². The predicted octanol–water partition coefficient (Wildman–Crippen LogP) is 1.16. The molecule has 1 aliphatic rings. The zero-order chi connectivity index (χ0) is 6.81. The lowest BCUT2D eigenvalue weighted by atomic mass is 10.1. The molecular weight excluding hydrogens is 124 g/mol. The summed E-state index contributed by atoms with van der Waals surface area (Å²) in [4.78, 5) is 4.02. The molecule has 0 saturated heterocycles. The van der Waals surface area contributed by atoms with Crippen LogP contribution in [0.25, 0.3) is 6.08 Å². The van der Waals surface area contributed by atoms with Crippen LogP contribution in [0.5, 0.6) is 0 Å². The normalized spacial score (nSPS) is 14.0. The molecule has 0 radical (unpaired) electrons. The van der Waals surface area contributed by atoms with Gasteiger partial charge in [0.05, 0.1) is 0 Å². The Morgan fingerprint density at radius 2 is 2.50 bits per heavy atom. The molecule has 1 N–H and O–H groups in total. The third kappa shape index (κ3) is 0.778. The van der Waals surface area contributed by atoms with Gasteiger partial charge in [-0.25, -0.2) is 0 Å². The standard InChI is InChI=1S/C8H8N2/c1-3-9-5-8-6-10-4-2-7(1)8/h1-5,10H,6H2. The van der Waals surface area contributed by atoms with Crippen LogP contribution >= 0.6 is 0 Å². The van der Waals surface area contributed by atoms with Crippen LogP contribution in [0.1, 0.15) is 11.1 Å². The van der Waals surface area contributed by atoms with Crippen molar-refractivity contribution >= 4 is 6.08 Å². The fourth-order valence-electron chi connectivity index (χ4n) is 1.07. The van der Waals surface area contributed by atoms with Crippen molar-refractivity contribution in [3.05, 3.63) is 35.8 Å². The summed E-state index contributed by atoms with van der Waals surface area (Å²) < 4.78 is 0. The predicted molar refractivity (Wildman–Crippen MR) is 40.1 cm³/mol. The maximum absolute atomic E-state index is 4.02. The fraction of sp³-hybridized carbons (Fsp3) is 0.125. The third-order valence-electron chi connectivity index (χ3n) is 1.61. The molecule has 50 valence electrons. The summed E-state index contributed by atoms with van der Waals surface area (Å²) in [5.41, 5.74) is 2.54. The Morgan fingerprint density at radius 1 is 1.50 bits per heavy atom. The van der Waals surface area contributed by atoms with Crippen molar-refractivity contribution in [3.8, 4) is 0 Å². The second kappa shape index (κ2) is 2.14. The maximum Gasteiger partial charge on any atom is 0.0416 e. The molecule has 1 aromatic heterocycles. The van der Waals surface area contributed by atoms with E-state index in [1.807, 2.05) is 24.7 Å². The molecule has 0 unspecified atom stereocenters. The van der Waals surface area contributed by atoms with Gasteiger partial charge in [-0.3, -0.25) is 4.98 Å². The molecule has 1 aliphatic heterocycles. The van der Waals surface area contributed by atoms with Gasteiger partial charge >= 0.3 is 0 Å². The first kappa shape index (κ1) is 5.47. The molecule has 2 rings (SSSR count). The quantitative estimate of drug-likeness (QED) is 0.573. The smallest absolute Gasteiger partial charge is 0.0416 e. The molecule has 0 atom stereocenters. The SMILES string of the molecule is C1=Cc2ccncc2CN1. The van der Waals surface area contributed by atoms with E-state index in [0.29, 0.717) is 0 Å². The van der Waals surface area contributed by atoms with Crippen LogP contribution in [-0.2, 0) is 6.54 Å². The van der Waals surface area contributed by atoms with Gasteiger partial charge in [0.15, 0.2) is 0 Å². The third-order valence-corrected chi connectivity index (χ3v) is 1.61. The minimum absolute atomic E-state index is 0.902. The summed E-state index contributed by atoms with van der Waals surface area (Å²) in [5.74, 6) is 0. The van der Waals surface area contributed by atoms with Crippen molar-refractivity contribution in [1.82, 2.24) is 10.3 Å². The zero-order valence-corrected chi connectivity index (χ0v) is 5.54. The number of nitrogens with zero attached hydrogens (tertiary/aromatic N) is 1. The van der Waals surface area contributed by atoms with E-state index < -0.39 is 0 Å². The Balaban J connectivity index is 2.54. The van der Waals surface area contributed by atoms with Crippen molar-refractivity contribution in [2.75, 3.05) is 0 Å². The fourth-order valence-corrected chi connectivity index (χ4v) is 1.07. The van der Waals surface area contributed by atoms with Crippen molar-refractivity contribution < 1.29 is 0 Å². The number of hydrogen-bond donors (Lipinski definition) is 1. The molecule has 0 fully saturated rings. The van der Waals surface area contributed by atoms with Gasteiger partial charge in [-0.1, -0.05) is 0 Å². The Morgan fingerprint density at radius 3 is 3.40 bits per heavy atom. The summed E-state index contributed by atoms with van der Waals surface area (Å²) in [6.07, 6.45) is 7.73. The summed E-state index contributed by atoms with van der Waals surface area (Å²) in [6.45, 7) is 0.902. The number of pyridine rings is 1. The molecule has 10 heavy (non-hydrogen) atoms. The van der Waals surface area contributed by atoms with Gasteiger partial charge in [0.25, 0.3) is 0 Å². The maximum atomic E-state index is 4.02. The number of rotatable bonds is 0. The van der Waals surface area contributed by atoms with Crippen molar-refractivity contribution in [2.45, 2.75) is 6.54 Å². The highest BCUT2D eigenvalue weighted by Crippen LogP contribution is 2.11. The van der Waals surface area contributed by atoms with E-state index in [9.17, 15) is 0 Å². The Bertz CT molecular complexity index is 266. The van der Waals surface area contributed by atoms with E-state index in [2.05, 4.69) is 16.4 Å². The largest absolute Gasteiger partial charge is 0.387 e. The molecule has 0 bridgehead atoms. The lowest BCUT2D eigenvalue weighted by molar-refractivity contribution is 0.852. The van der Waals surface area contributed by atoms with E-state index in [-0.39, 0.29) is 0 Å². The number of nitrogens with one attached hydrogen (secondary N) is 1. The minimum Gasteiger partial charge on any atom is -0.387 e. The lowest BCUT2D eigenvalue weighted by Crippen LogP contribution is -2.09. The number of fused-ring (bicyclic) bond motifs is 1. The van der Waals surface area contributed by atoms with Crippen LogP contribution < -0.4 is 5.32 Å². The first-order valence-corrected chi connectivity index (χ1v) is 3.29. The molecule has 0 aliphatic carbocycles. The van der Waals surface area contributed by atoms with Crippen LogP contribution in [-0.4, -0.2) is 4.98 Å². The average molecular weight is 132 g/mol. The molecule has 0 amide bonds. The van der Waals surface area contributed by atoms with Crippen LogP contribution in [0.4, 0.5) is 0 Å².